The lowest BCUT2D eigenvalue weighted by Gasteiger charge is -2.17. The predicted octanol–water partition coefficient (Wildman–Crippen LogP) is 2.57. The Morgan fingerprint density at radius 3 is 2.88 bits per heavy atom. The van der Waals surface area contributed by atoms with Crippen LogP contribution in [-0.4, -0.2) is 23.9 Å². The van der Waals surface area contributed by atoms with Crippen LogP contribution in [0.15, 0.2) is 22.7 Å². The van der Waals surface area contributed by atoms with Gasteiger partial charge in [-0.2, -0.15) is 5.26 Å². The Balaban J connectivity index is 3.03. The van der Waals surface area contributed by atoms with Gasteiger partial charge in [0.15, 0.2) is 0 Å². The van der Waals surface area contributed by atoms with Crippen LogP contribution in [0.4, 0.5) is 4.39 Å². The first-order valence-corrected chi connectivity index (χ1v) is 5.50. The van der Waals surface area contributed by atoms with Crippen LogP contribution >= 0.6 is 15.9 Å². The second-order valence-corrected chi connectivity index (χ2v) is 4.02. The number of benzene rings is 1. The van der Waals surface area contributed by atoms with E-state index in [1.54, 1.807) is 6.92 Å². The Morgan fingerprint density at radius 1 is 1.62 bits per heavy atom. The Kier molecular flexibility index (Phi) is 4.44. The molecule has 0 saturated carbocycles. The molecule has 84 valence electrons. The summed E-state index contributed by atoms with van der Waals surface area (Å²) in [7, 11) is 0. The van der Waals surface area contributed by atoms with Crippen molar-refractivity contribution >= 4 is 21.8 Å². The summed E-state index contributed by atoms with van der Waals surface area (Å²) in [5, 5.41) is 8.54. The van der Waals surface area contributed by atoms with Gasteiger partial charge in [0.2, 0.25) is 0 Å². The van der Waals surface area contributed by atoms with Crippen LogP contribution < -0.4 is 0 Å². The third-order valence-corrected chi connectivity index (χ3v) is 2.58. The molecule has 1 aromatic carbocycles. The summed E-state index contributed by atoms with van der Waals surface area (Å²) in [6, 6.07) is 6.03. The fourth-order valence-corrected chi connectivity index (χ4v) is 1.61. The van der Waals surface area contributed by atoms with E-state index in [2.05, 4.69) is 15.9 Å². The van der Waals surface area contributed by atoms with E-state index in [0.29, 0.717) is 11.0 Å². The molecule has 0 unspecified atom stereocenters. The molecule has 0 N–H and O–H groups in total. The lowest BCUT2D eigenvalue weighted by atomic mass is 10.2. The average Bonchev–Trinajstić information content (AvgIpc) is 2.28. The molecule has 0 radical (unpaired) electrons. The normalized spacial score (nSPS) is 9.62. The van der Waals surface area contributed by atoms with E-state index in [9.17, 15) is 9.18 Å². The summed E-state index contributed by atoms with van der Waals surface area (Å²) in [5.41, 5.74) is -0.0218. The number of hydrogen-bond acceptors (Lipinski definition) is 2. The number of carbonyl (C=O) groups is 1. The van der Waals surface area contributed by atoms with E-state index in [1.807, 2.05) is 6.07 Å². The van der Waals surface area contributed by atoms with Crippen LogP contribution in [0.25, 0.3) is 0 Å². The smallest absolute Gasteiger partial charge is 0.257 e. The lowest BCUT2D eigenvalue weighted by Crippen LogP contribution is -2.31. The minimum absolute atomic E-state index is 0.0218. The number of carbonyl (C=O) groups excluding carboxylic acids is 1. The predicted molar refractivity (Wildman–Crippen MR) is 61.3 cm³/mol. The van der Waals surface area contributed by atoms with Gasteiger partial charge in [0.1, 0.15) is 12.4 Å². The molecular formula is C11H10BrFN2O. The van der Waals surface area contributed by atoms with Crippen LogP contribution in [0.5, 0.6) is 0 Å². The summed E-state index contributed by atoms with van der Waals surface area (Å²) in [6.07, 6.45) is 0. The Hall–Kier alpha value is -1.41. The largest absolute Gasteiger partial charge is 0.326 e. The van der Waals surface area contributed by atoms with Crippen molar-refractivity contribution in [2.75, 3.05) is 13.1 Å². The van der Waals surface area contributed by atoms with Crippen LogP contribution in [0.2, 0.25) is 0 Å². The number of rotatable bonds is 3. The Labute approximate surface area is 102 Å². The fourth-order valence-electron chi connectivity index (χ4n) is 1.24. The molecule has 16 heavy (non-hydrogen) atoms. The number of nitrogens with zero attached hydrogens (tertiary/aromatic N) is 2. The monoisotopic (exact) mass is 284 g/mol. The fraction of sp³-hybridized carbons (Fsp3) is 0.273. The van der Waals surface area contributed by atoms with E-state index in [4.69, 9.17) is 5.26 Å². The van der Waals surface area contributed by atoms with Gasteiger partial charge in [0.25, 0.3) is 5.91 Å². The Morgan fingerprint density at radius 2 is 2.31 bits per heavy atom. The Bertz CT molecular complexity index is 442. The first kappa shape index (κ1) is 12.7. The van der Waals surface area contributed by atoms with Crippen molar-refractivity contribution in [3.63, 3.8) is 0 Å². The lowest BCUT2D eigenvalue weighted by molar-refractivity contribution is 0.0779. The third-order valence-electron chi connectivity index (χ3n) is 2.09. The zero-order valence-electron chi connectivity index (χ0n) is 8.70. The molecule has 0 spiro atoms. The molecular weight excluding hydrogens is 275 g/mol. The van der Waals surface area contributed by atoms with Gasteiger partial charge in [0.05, 0.1) is 11.6 Å². The van der Waals surface area contributed by atoms with Crippen molar-refractivity contribution in [3.05, 3.63) is 34.1 Å². The van der Waals surface area contributed by atoms with Crippen LogP contribution in [-0.2, 0) is 0 Å². The molecule has 3 nitrogen and oxygen atoms in total. The maximum absolute atomic E-state index is 13.4. The molecule has 1 amide bonds. The maximum Gasteiger partial charge on any atom is 0.257 e. The number of amides is 1. The zero-order valence-corrected chi connectivity index (χ0v) is 10.3. The van der Waals surface area contributed by atoms with Crippen molar-refractivity contribution < 1.29 is 9.18 Å². The second-order valence-electron chi connectivity index (χ2n) is 3.10. The molecule has 1 rings (SSSR count). The molecule has 0 aromatic heterocycles. The molecule has 0 aliphatic heterocycles. The molecule has 0 saturated heterocycles. The zero-order chi connectivity index (χ0) is 12.1. The van der Waals surface area contributed by atoms with Gasteiger partial charge in [-0.05, 0) is 25.1 Å². The minimum atomic E-state index is -0.579. The van der Waals surface area contributed by atoms with Crippen LogP contribution in [0.3, 0.4) is 0 Å². The van der Waals surface area contributed by atoms with Gasteiger partial charge in [-0.15, -0.1) is 0 Å². The number of halogens is 2. The van der Waals surface area contributed by atoms with Crippen molar-refractivity contribution in [1.82, 2.24) is 4.90 Å². The molecule has 0 atom stereocenters. The molecule has 0 aliphatic rings. The van der Waals surface area contributed by atoms with Crippen molar-refractivity contribution in [2.24, 2.45) is 0 Å². The van der Waals surface area contributed by atoms with Crippen LogP contribution in [0, 0.1) is 17.1 Å². The number of nitriles is 1. The third kappa shape index (κ3) is 2.80. The quantitative estimate of drug-likeness (QED) is 0.801. The van der Waals surface area contributed by atoms with E-state index in [-0.39, 0.29) is 12.1 Å². The first-order valence-electron chi connectivity index (χ1n) is 4.71. The standard InChI is InChI=1S/C11H10BrFN2O/c1-2-15(6-5-14)11(16)9-7-8(12)3-4-10(9)13/h3-4,7H,2,6H2,1H3. The SMILES string of the molecule is CCN(CC#N)C(=O)c1cc(Br)ccc1F. The van der Waals surface area contributed by atoms with Gasteiger partial charge in [-0.25, -0.2) is 4.39 Å². The highest BCUT2D eigenvalue weighted by Crippen LogP contribution is 2.17. The first-order chi connectivity index (χ1) is 7.60. The van der Waals surface area contributed by atoms with Gasteiger partial charge in [-0.3, -0.25) is 4.79 Å². The summed E-state index contributed by atoms with van der Waals surface area (Å²) >= 11 is 3.17. The minimum Gasteiger partial charge on any atom is -0.326 e. The van der Waals surface area contributed by atoms with Crippen molar-refractivity contribution in [1.29, 1.82) is 5.26 Å². The van der Waals surface area contributed by atoms with Gasteiger partial charge < -0.3 is 4.90 Å². The van der Waals surface area contributed by atoms with Gasteiger partial charge >= 0.3 is 0 Å². The van der Waals surface area contributed by atoms with E-state index >= 15 is 0 Å². The van der Waals surface area contributed by atoms with E-state index in [1.165, 1.54) is 23.1 Å². The highest BCUT2D eigenvalue weighted by atomic mass is 79.9. The summed E-state index contributed by atoms with van der Waals surface area (Å²) in [6.45, 7) is 2.07. The number of hydrogen-bond donors (Lipinski definition) is 0. The maximum atomic E-state index is 13.4. The molecule has 0 fully saturated rings. The molecule has 0 heterocycles. The molecule has 0 aliphatic carbocycles. The van der Waals surface area contributed by atoms with Gasteiger partial charge in [0, 0.05) is 11.0 Å². The van der Waals surface area contributed by atoms with Crippen molar-refractivity contribution in [3.8, 4) is 6.07 Å². The van der Waals surface area contributed by atoms with E-state index in [0.717, 1.165) is 0 Å². The summed E-state index contributed by atoms with van der Waals surface area (Å²) in [4.78, 5) is 13.1. The molecule has 0 bridgehead atoms. The summed E-state index contributed by atoms with van der Waals surface area (Å²) < 4.78 is 14.0. The molecule has 1 aromatic rings. The van der Waals surface area contributed by atoms with E-state index < -0.39 is 11.7 Å². The van der Waals surface area contributed by atoms with Crippen molar-refractivity contribution in [2.45, 2.75) is 6.92 Å². The second kappa shape index (κ2) is 5.61. The average molecular weight is 285 g/mol. The highest BCUT2D eigenvalue weighted by molar-refractivity contribution is 9.10. The summed E-state index contributed by atoms with van der Waals surface area (Å²) in [5.74, 6) is -1.05. The highest BCUT2D eigenvalue weighted by Gasteiger charge is 2.17. The van der Waals surface area contributed by atoms with Gasteiger partial charge in [-0.1, -0.05) is 15.9 Å². The topological polar surface area (TPSA) is 44.1 Å². The van der Waals surface area contributed by atoms with Crippen LogP contribution in [0.1, 0.15) is 17.3 Å². The molecule has 5 heteroatoms.